The smallest absolute Gasteiger partial charge is 0.195 e. The van der Waals surface area contributed by atoms with Crippen molar-refractivity contribution >= 4 is 23.1 Å². The second-order valence-electron chi connectivity index (χ2n) is 9.32. The monoisotopic (exact) mass is 502 g/mol. The van der Waals surface area contributed by atoms with Crippen LogP contribution in [0, 0.1) is 0 Å². The van der Waals surface area contributed by atoms with Crippen LogP contribution in [0.25, 0.3) is 11.1 Å². The van der Waals surface area contributed by atoms with E-state index in [9.17, 15) is 19.2 Å². The number of hydrogen-bond acceptors (Lipinski definition) is 6. The Hall–Kier alpha value is -4.52. The number of methoxy groups -OCH3 is 2. The number of ketones is 4. The molecule has 0 heterocycles. The zero-order valence-corrected chi connectivity index (χ0v) is 20.8. The summed E-state index contributed by atoms with van der Waals surface area (Å²) < 4.78 is 11.0. The lowest BCUT2D eigenvalue weighted by molar-refractivity contribution is 0.0977. The summed E-state index contributed by atoms with van der Waals surface area (Å²) in [6.45, 7) is 0.251. The van der Waals surface area contributed by atoms with Crippen LogP contribution in [-0.2, 0) is 22.7 Å². The second kappa shape index (κ2) is 9.10. The van der Waals surface area contributed by atoms with Crippen molar-refractivity contribution in [3.05, 3.63) is 128 Å². The van der Waals surface area contributed by atoms with E-state index in [1.54, 1.807) is 72.8 Å². The van der Waals surface area contributed by atoms with Crippen molar-refractivity contribution in [1.29, 1.82) is 0 Å². The zero-order valence-electron chi connectivity index (χ0n) is 20.8. The van der Waals surface area contributed by atoms with Crippen LogP contribution < -0.4 is 0 Å². The van der Waals surface area contributed by atoms with Gasteiger partial charge < -0.3 is 9.47 Å². The van der Waals surface area contributed by atoms with E-state index in [4.69, 9.17) is 9.47 Å². The number of hydrogen-bond donors (Lipinski definition) is 0. The molecular formula is C32H22O6. The van der Waals surface area contributed by atoms with Crippen molar-refractivity contribution in [3.63, 3.8) is 0 Å². The van der Waals surface area contributed by atoms with Gasteiger partial charge in [0, 0.05) is 69.9 Å². The Kier molecular flexibility index (Phi) is 5.71. The molecule has 0 saturated carbocycles. The maximum absolute atomic E-state index is 14.0. The van der Waals surface area contributed by atoms with Crippen molar-refractivity contribution in [3.8, 4) is 11.1 Å². The highest BCUT2D eigenvalue weighted by Crippen LogP contribution is 2.43. The fourth-order valence-electron chi connectivity index (χ4n) is 5.58. The van der Waals surface area contributed by atoms with Crippen molar-refractivity contribution in [2.45, 2.75) is 13.2 Å². The number of fused-ring (bicyclic) bond motifs is 4. The van der Waals surface area contributed by atoms with Crippen LogP contribution in [0.4, 0.5) is 0 Å². The molecule has 2 aliphatic rings. The normalized spacial score (nSPS) is 13.6. The number of ether oxygens (including phenoxy) is 2. The Labute approximate surface area is 218 Å². The number of carbonyl (C=O) groups excluding carboxylic acids is 4. The first kappa shape index (κ1) is 23.9. The molecule has 4 aromatic carbocycles. The van der Waals surface area contributed by atoms with E-state index in [1.807, 2.05) is 0 Å². The quantitative estimate of drug-likeness (QED) is 0.322. The molecule has 0 fully saturated rings. The predicted molar refractivity (Wildman–Crippen MR) is 140 cm³/mol. The molecule has 0 unspecified atom stereocenters. The Bertz CT molecular complexity index is 1580. The highest BCUT2D eigenvalue weighted by molar-refractivity contribution is 6.33. The van der Waals surface area contributed by atoms with Crippen LogP contribution >= 0.6 is 0 Å². The molecule has 0 aromatic heterocycles. The number of rotatable bonds is 5. The summed E-state index contributed by atoms with van der Waals surface area (Å²) in [6, 6.07) is 20.2. The first-order valence-corrected chi connectivity index (χ1v) is 12.1. The van der Waals surface area contributed by atoms with Gasteiger partial charge in [-0.25, -0.2) is 0 Å². The van der Waals surface area contributed by atoms with Crippen molar-refractivity contribution in [2.24, 2.45) is 0 Å². The molecule has 0 aliphatic heterocycles. The summed E-state index contributed by atoms with van der Waals surface area (Å²) in [4.78, 5) is 55.1. The van der Waals surface area contributed by atoms with Gasteiger partial charge in [-0.05, 0) is 23.3 Å². The molecule has 6 nitrogen and oxygen atoms in total. The van der Waals surface area contributed by atoms with Gasteiger partial charge in [0.25, 0.3) is 0 Å². The summed E-state index contributed by atoms with van der Waals surface area (Å²) in [5.41, 5.74) is 4.25. The van der Waals surface area contributed by atoms with Crippen molar-refractivity contribution < 1.29 is 28.7 Å². The maximum Gasteiger partial charge on any atom is 0.195 e. The molecular weight excluding hydrogens is 480 g/mol. The SMILES string of the molecule is COCc1ccc2c(c1-c1c(COC)ccc3c1C(=O)c1ccccc1C3=O)C(=O)c1ccccc1C2=O. The third-order valence-corrected chi connectivity index (χ3v) is 7.21. The maximum atomic E-state index is 14.0. The summed E-state index contributed by atoms with van der Waals surface area (Å²) in [6.07, 6.45) is 0. The van der Waals surface area contributed by atoms with Gasteiger partial charge in [0.05, 0.1) is 13.2 Å². The Morgan fingerprint density at radius 3 is 1.11 bits per heavy atom. The molecule has 2 aliphatic carbocycles. The largest absolute Gasteiger partial charge is 0.380 e. The fourth-order valence-corrected chi connectivity index (χ4v) is 5.58. The lowest BCUT2D eigenvalue weighted by atomic mass is 9.74. The molecule has 0 bridgehead atoms. The molecule has 0 saturated heterocycles. The summed E-state index contributed by atoms with van der Waals surface area (Å²) >= 11 is 0. The molecule has 0 amide bonds. The molecule has 0 radical (unpaired) electrons. The molecule has 0 N–H and O–H groups in total. The van der Waals surface area contributed by atoms with E-state index in [-0.39, 0.29) is 58.6 Å². The molecule has 0 atom stereocenters. The molecule has 6 rings (SSSR count). The van der Waals surface area contributed by atoms with E-state index >= 15 is 0 Å². The van der Waals surface area contributed by atoms with Crippen LogP contribution in [0.5, 0.6) is 0 Å². The minimum atomic E-state index is -0.320. The van der Waals surface area contributed by atoms with Gasteiger partial charge in [0.15, 0.2) is 23.1 Å². The van der Waals surface area contributed by atoms with Gasteiger partial charge in [-0.2, -0.15) is 0 Å². The Morgan fingerprint density at radius 1 is 0.421 bits per heavy atom. The van der Waals surface area contributed by atoms with E-state index in [1.165, 1.54) is 14.2 Å². The second-order valence-corrected chi connectivity index (χ2v) is 9.32. The van der Waals surface area contributed by atoms with Gasteiger partial charge in [0.2, 0.25) is 0 Å². The number of carbonyl (C=O) groups is 4. The van der Waals surface area contributed by atoms with Gasteiger partial charge in [-0.15, -0.1) is 0 Å². The lowest BCUT2D eigenvalue weighted by Crippen LogP contribution is -2.25. The van der Waals surface area contributed by atoms with Gasteiger partial charge in [-0.1, -0.05) is 60.7 Å². The van der Waals surface area contributed by atoms with Gasteiger partial charge in [-0.3, -0.25) is 19.2 Å². The van der Waals surface area contributed by atoms with Gasteiger partial charge in [0.1, 0.15) is 0 Å². The zero-order chi connectivity index (χ0) is 26.6. The summed E-state index contributed by atoms with van der Waals surface area (Å²) in [5, 5.41) is 0. The molecule has 38 heavy (non-hydrogen) atoms. The highest BCUT2D eigenvalue weighted by atomic mass is 16.5. The van der Waals surface area contributed by atoms with Crippen LogP contribution in [0.3, 0.4) is 0 Å². The van der Waals surface area contributed by atoms with E-state index in [0.29, 0.717) is 44.5 Å². The average molecular weight is 503 g/mol. The van der Waals surface area contributed by atoms with Crippen molar-refractivity contribution in [1.82, 2.24) is 0 Å². The van der Waals surface area contributed by atoms with Crippen molar-refractivity contribution in [2.75, 3.05) is 14.2 Å². The predicted octanol–water partition coefficient (Wildman–Crippen LogP) is 5.20. The third kappa shape index (κ3) is 3.35. The lowest BCUT2D eigenvalue weighted by Gasteiger charge is -2.27. The topological polar surface area (TPSA) is 86.7 Å². The average Bonchev–Trinajstić information content (AvgIpc) is 2.94. The molecule has 4 aromatic rings. The highest BCUT2D eigenvalue weighted by Gasteiger charge is 2.38. The third-order valence-electron chi connectivity index (χ3n) is 7.21. The molecule has 6 heteroatoms. The molecule has 186 valence electrons. The first-order valence-electron chi connectivity index (χ1n) is 12.1. The minimum Gasteiger partial charge on any atom is -0.380 e. The summed E-state index contributed by atoms with van der Waals surface area (Å²) in [5.74, 6) is -1.18. The minimum absolute atomic E-state index is 0.126. The fraction of sp³-hybridized carbons (Fsp3) is 0.125. The standard InChI is InChI=1S/C32H22O6/c1-37-15-17-11-13-23-27(31(35)21-9-5-3-7-19(21)29(23)33)25(17)26-18(16-38-2)12-14-24-28(26)32(36)22-10-6-4-8-20(22)30(24)34/h3-14H,15-16H2,1-2H3. The van der Waals surface area contributed by atoms with E-state index < -0.39 is 0 Å². The van der Waals surface area contributed by atoms with Crippen LogP contribution in [0.1, 0.15) is 74.8 Å². The summed E-state index contributed by atoms with van der Waals surface area (Å²) in [7, 11) is 3.07. The van der Waals surface area contributed by atoms with Crippen LogP contribution in [0.2, 0.25) is 0 Å². The Morgan fingerprint density at radius 2 is 0.763 bits per heavy atom. The van der Waals surface area contributed by atoms with Crippen LogP contribution in [-0.4, -0.2) is 37.4 Å². The van der Waals surface area contributed by atoms with Crippen LogP contribution in [0.15, 0.2) is 72.8 Å². The first-order chi connectivity index (χ1) is 18.5. The number of benzene rings is 4. The molecule has 0 spiro atoms. The Balaban J connectivity index is 1.74. The van der Waals surface area contributed by atoms with E-state index in [2.05, 4.69) is 0 Å². The van der Waals surface area contributed by atoms with Gasteiger partial charge >= 0.3 is 0 Å². The van der Waals surface area contributed by atoms with E-state index in [0.717, 1.165) is 0 Å².